The second-order valence-corrected chi connectivity index (χ2v) is 11.4. The summed E-state index contributed by atoms with van der Waals surface area (Å²) in [6, 6.07) is 5.34. The van der Waals surface area contributed by atoms with Crippen molar-refractivity contribution in [2.24, 2.45) is 12.8 Å². The van der Waals surface area contributed by atoms with Gasteiger partial charge >= 0.3 is 18.3 Å². The number of aromatic nitrogens is 4. The van der Waals surface area contributed by atoms with E-state index in [-0.39, 0.29) is 51.3 Å². The van der Waals surface area contributed by atoms with E-state index in [1.165, 1.54) is 29.8 Å². The molecule has 1 atom stereocenters. The molecule has 1 aliphatic carbocycles. The predicted molar refractivity (Wildman–Crippen MR) is 163 cm³/mol. The second-order valence-electron chi connectivity index (χ2n) is 11.0. The van der Waals surface area contributed by atoms with Gasteiger partial charge < -0.3 is 31.4 Å². The maximum atomic E-state index is 13.6. The van der Waals surface area contributed by atoms with E-state index in [9.17, 15) is 40.7 Å². The van der Waals surface area contributed by atoms with E-state index in [1.807, 2.05) is 0 Å². The molecule has 2 aromatic heterocycles. The molecule has 0 saturated heterocycles. The highest BCUT2D eigenvalue weighted by atomic mass is 35.5. The monoisotopic (exact) mass is 733 g/mol. The minimum Gasteiger partial charge on any atom is -0.475 e. The molecule has 1 saturated carbocycles. The average Bonchev–Trinajstić information content (AvgIpc) is 3.61. The SMILES string of the molecule is C[C@H](N)C(=O)NC1CCC(NC(=O)c2ccc(NC(=O)c3ncc(-c4cn(CC#N)nc4C(F)(F)F)n3C)cc2Cl)CC1.O=C(O)C(F)(F)F. The second kappa shape index (κ2) is 16.0. The number of imidazole rings is 1. The van der Waals surface area contributed by atoms with Gasteiger partial charge in [0.15, 0.2) is 11.5 Å². The molecule has 0 bridgehead atoms. The molecule has 6 N–H and O–H groups in total. The number of carboxylic acids is 1. The van der Waals surface area contributed by atoms with Crippen LogP contribution in [-0.2, 0) is 29.4 Å². The van der Waals surface area contributed by atoms with Crippen molar-refractivity contribution < 1.29 is 50.6 Å². The summed E-state index contributed by atoms with van der Waals surface area (Å²) in [5.74, 6) is -4.28. The summed E-state index contributed by atoms with van der Waals surface area (Å²) in [5, 5.41) is 27.9. The normalized spacial score (nSPS) is 16.7. The standard InChI is InChI=1S/C27H29ClF3N9O3.C2HF3O2/c1-14(33)24(41)35-15-3-5-16(6-4-15)36-25(42)18-8-7-17(11-20(18)28)37-26(43)23-34-12-21(39(23)2)19-13-40(10-9-32)38-22(19)27(29,30)31;3-2(4,5)1(6)7/h7-8,11-16H,3-6,10,33H2,1-2H3,(H,35,41)(H,36,42)(H,37,43);(H,6,7)/t14-,15?,16?;/m0./s1. The van der Waals surface area contributed by atoms with E-state index >= 15 is 0 Å². The zero-order valence-corrected chi connectivity index (χ0v) is 26.9. The molecule has 1 fully saturated rings. The summed E-state index contributed by atoms with van der Waals surface area (Å²) in [7, 11) is 1.37. The summed E-state index contributed by atoms with van der Waals surface area (Å²) in [6.07, 6.45) is -4.99. The number of anilines is 1. The number of aliphatic carboxylic acids is 1. The first-order valence-electron chi connectivity index (χ1n) is 14.5. The molecule has 14 nitrogen and oxygen atoms in total. The van der Waals surface area contributed by atoms with Crippen molar-refractivity contribution in [3.63, 3.8) is 0 Å². The minimum atomic E-state index is -5.08. The molecule has 1 aromatic carbocycles. The number of carbonyl (C=O) groups excluding carboxylic acids is 3. The number of carbonyl (C=O) groups is 4. The van der Waals surface area contributed by atoms with Gasteiger partial charge in [-0.25, -0.2) is 9.78 Å². The number of nitrogens with zero attached hydrogens (tertiary/aromatic N) is 5. The molecule has 1 aliphatic rings. The third kappa shape index (κ3) is 10.2. The van der Waals surface area contributed by atoms with Crippen molar-refractivity contribution in [1.82, 2.24) is 30.0 Å². The molecule has 3 aromatic rings. The molecule has 21 heteroatoms. The van der Waals surface area contributed by atoms with Gasteiger partial charge in [0.05, 0.1) is 40.2 Å². The first kappa shape index (κ1) is 39.3. The van der Waals surface area contributed by atoms with Crippen molar-refractivity contribution in [3.8, 4) is 17.3 Å². The van der Waals surface area contributed by atoms with Crippen LogP contribution in [0.2, 0.25) is 5.02 Å². The number of alkyl halides is 6. The highest BCUT2D eigenvalue weighted by molar-refractivity contribution is 6.34. The lowest BCUT2D eigenvalue weighted by atomic mass is 9.90. The minimum absolute atomic E-state index is 0.000831. The lowest BCUT2D eigenvalue weighted by Crippen LogP contribution is -2.47. The van der Waals surface area contributed by atoms with Crippen LogP contribution in [0, 0.1) is 11.3 Å². The Bertz CT molecular complexity index is 1770. The van der Waals surface area contributed by atoms with Crippen molar-refractivity contribution in [2.75, 3.05) is 5.32 Å². The summed E-state index contributed by atoms with van der Waals surface area (Å²) in [6.45, 7) is 1.22. The van der Waals surface area contributed by atoms with Gasteiger partial charge in [0.2, 0.25) is 5.91 Å². The fourth-order valence-corrected chi connectivity index (χ4v) is 5.05. The zero-order valence-electron chi connectivity index (χ0n) is 26.2. The van der Waals surface area contributed by atoms with Crippen LogP contribution in [0.4, 0.5) is 32.0 Å². The van der Waals surface area contributed by atoms with Crippen LogP contribution < -0.4 is 21.7 Å². The number of nitrogens with one attached hydrogen (secondary N) is 3. The Morgan fingerprint density at radius 1 is 1.08 bits per heavy atom. The number of nitrogens with two attached hydrogens (primary N) is 1. The molecule has 0 aliphatic heterocycles. The third-order valence-corrected chi connectivity index (χ3v) is 7.58. The van der Waals surface area contributed by atoms with Gasteiger partial charge in [-0.1, -0.05) is 11.6 Å². The quantitative estimate of drug-likeness (QED) is 0.213. The topological polar surface area (TPSA) is 210 Å². The van der Waals surface area contributed by atoms with Crippen LogP contribution in [0.5, 0.6) is 0 Å². The fraction of sp³-hybridized carbons (Fsp3) is 0.414. The molecule has 0 spiro atoms. The van der Waals surface area contributed by atoms with Crippen LogP contribution in [0.3, 0.4) is 0 Å². The highest BCUT2D eigenvalue weighted by Crippen LogP contribution is 2.36. The fourth-order valence-electron chi connectivity index (χ4n) is 4.78. The van der Waals surface area contributed by atoms with Gasteiger partial charge in [-0.05, 0) is 50.8 Å². The number of benzene rings is 1. The van der Waals surface area contributed by atoms with Crippen LogP contribution >= 0.6 is 11.6 Å². The lowest BCUT2D eigenvalue weighted by Gasteiger charge is -2.30. The van der Waals surface area contributed by atoms with Gasteiger partial charge in [0.25, 0.3) is 11.8 Å². The molecule has 0 radical (unpaired) electrons. The van der Waals surface area contributed by atoms with E-state index < -0.39 is 48.4 Å². The van der Waals surface area contributed by atoms with Gasteiger partial charge in [-0.2, -0.15) is 36.7 Å². The van der Waals surface area contributed by atoms with Crippen LogP contribution in [-0.4, -0.2) is 72.4 Å². The molecule has 4 rings (SSSR count). The summed E-state index contributed by atoms with van der Waals surface area (Å²) >= 11 is 6.35. The van der Waals surface area contributed by atoms with Gasteiger partial charge in [-0.3, -0.25) is 19.1 Å². The third-order valence-electron chi connectivity index (χ3n) is 7.27. The Morgan fingerprint density at radius 3 is 2.16 bits per heavy atom. The van der Waals surface area contributed by atoms with Gasteiger partial charge in [0.1, 0.15) is 6.54 Å². The molecule has 270 valence electrons. The Labute approximate surface area is 284 Å². The first-order valence-corrected chi connectivity index (χ1v) is 14.9. The number of hydrogen-bond acceptors (Lipinski definition) is 8. The smallest absolute Gasteiger partial charge is 0.475 e. The number of rotatable bonds is 8. The van der Waals surface area contributed by atoms with Crippen molar-refractivity contribution in [3.05, 3.63) is 52.7 Å². The number of carboxylic acid groups (broad SMARTS) is 1. The predicted octanol–water partition coefficient (Wildman–Crippen LogP) is 3.87. The van der Waals surface area contributed by atoms with E-state index in [4.69, 9.17) is 32.5 Å². The maximum absolute atomic E-state index is 13.6. The van der Waals surface area contributed by atoms with E-state index in [2.05, 4.69) is 26.0 Å². The summed E-state index contributed by atoms with van der Waals surface area (Å²) < 4.78 is 74.5. The van der Waals surface area contributed by atoms with Crippen molar-refractivity contribution >= 4 is 41.0 Å². The number of amides is 3. The van der Waals surface area contributed by atoms with Crippen molar-refractivity contribution in [1.29, 1.82) is 5.26 Å². The summed E-state index contributed by atoms with van der Waals surface area (Å²) in [4.78, 5) is 50.5. The van der Waals surface area contributed by atoms with E-state index in [0.717, 1.165) is 17.1 Å². The maximum Gasteiger partial charge on any atom is 0.490 e. The molecule has 3 amide bonds. The molecule has 50 heavy (non-hydrogen) atoms. The largest absolute Gasteiger partial charge is 0.490 e. The van der Waals surface area contributed by atoms with E-state index in [0.29, 0.717) is 25.7 Å². The van der Waals surface area contributed by atoms with Crippen LogP contribution in [0.15, 0.2) is 30.6 Å². The molecule has 2 heterocycles. The van der Waals surface area contributed by atoms with Crippen molar-refractivity contribution in [2.45, 2.75) is 69.6 Å². The molecular weight excluding hydrogens is 704 g/mol. The van der Waals surface area contributed by atoms with E-state index in [1.54, 1.807) is 13.0 Å². The van der Waals surface area contributed by atoms with Gasteiger partial charge in [0, 0.05) is 31.0 Å². The number of hydrogen-bond donors (Lipinski definition) is 5. The Balaban J connectivity index is 0.000000872. The number of halogens is 7. The average molecular weight is 734 g/mol. The van der Waals surface area contributed by atoms with Crippen LogP contribution in [0.1, 0.15) is 59.3 Å². The lowest BCUT2D eigenvalue weighted by molar-refractivity contribution is -0.192. The van der Waals surface area contributed by atoms with Gasteiger partial charge in [-0.15, -0.1) is 0 Å². The Kier molecular flexibility index (Phi) is 12.6. The number of nitriles is 1. The Hall–Kier alpha value is -5.16. The molecule has 0 unspecified atom stereocenters. The zero-order chi connectivity index (χ0) is 37.6. The summed E-state index contributed by atoms with van der Waals surface area (Å²) in [5.41, 5.74) is 4.45. The first-order chi connectivity index (χ1) is 23.2. The molecular formula is C29H30ClF6N9O5. The Morgan fingerprint density at radius 2 is 1.66 bits per heavy atom. The highest BCUT2D eigenvalue weighted by Gasteiger charge is 2.39. The van der Waals surface area contributed by atoms with Crippen LogP contribution in [0.25, 0.3) is 11.3 Å².